The van der Waals surface area contributed by atoms with Gasteiger partial charge in [0, 0.05) is 33.1 Å². The average molecular weight is 337 g/mol. The monoisotopic (exact) mass is 337 g/mol. The number of thiazole rings is 1. The second-order valence-corrected chi connectivity index (χ2v) is 5.92. The van der Waals surface area contributed by atoms with Gasteiger partial charge in [0.25, 0.3) is 0 Å². The van der Waals surface area contributed by atoms with Crippen LogP contribution >= 0.6 is 11.3 Å². The highest BCUT2D eigenvalue weighted by atomic mass is 32.1. The lowest BCUT2D eigenvalue weighted by Crippen LogP contribution is -2.36. The number of benzene rings is 1. The van der Waals surface area contributed by atoms with Gasteiger partial charge in [0.15, 0.2) is 22.7 Å². The van der Waals surface area contributed by atoms with Crippen molar-refractivity contribution in [2.24, 2.45) is 4.99 Å². The fourth-order valence-corrected chi connectivity index (χ4v) is 2.58. The number of hydrogen-bond acceptors (Lipinski definition) is 5. The first-order chi connectivity index (χ1) is 11.0. The summed E-state index contributed by atoms with van der Waals surface area (Å²) in [6.07, 6.45) is 0. The zero-order chi connectivity index (χ0) is 16.8. The Kier molecular flexibility index (Phi) is 5.75. The third kappa shape index (κ3) is 4.82. The molecule has 8 heteroatoms. The molecule has 1 heterocycles. The summed E-state index contributed by atoms with van der Waals surface area (Å²) in [6, 6.07) is 4.28. The molecule has 0 spiro atoms. The Balaban J connectivity index is 1.86. The second kappa shape index (κ2) is 7.77. The van der Waals surface area contributed by atoms with E-state index in [2.05, 4.69) is 20.6 Å². The van der Waals surface area contributed by atoms with Gasteiger partial charge in [-0.3, -0.25) is 4.99 Å². The Morgan fingerprint density at radius 2 is 2.09 bits per heavy atom. The first-order valence-corrected chi connectivity index (χ1v) is 7.91. The van der Waals surface area contributed by atoms with E-state index >= 15 is 0 Å². The maximum Gasteiger partial charge on any atom is 0.191 e. The van der Waals surface area contributed by atoms with Crippen LogP contribution in [-0.2, 0) is 13.1 Å². The Hall–Kier alpha value is -2.35. The number of nitrogens with zero attached hydrogens (tertiary/aromatic N) is 3. The smallest absolute Gasteiger partial charge is 0.191 e. The van der Waals surface area contributed by atoms with Gasteiger partial charge in [0.1, 0.15) is 0 Å². The molecule has 0 aliphatic heterocycles. The maximum absolute atomic E-state index is 13.3. The number of aromatic hydroxyl groups is 1. The lowest BCUT2D eigenvalue weighted by molar-refractivity contribution is 0.431. The number of aliphatic imine (C=N–C) groups is 1. The van der Waals surface area contributed by atoms with Crippen LogP contribution in [0.2, 0.25) is 0 Å². The third-order valence-corrected chi connectivity index (χ3v) is 4.11. The van der Waals surface area contributed by atoms with Crippen LogP contribution in [0.15, 0.2) is 28.6 Å². The van der Waals surface area contributed by atoms with Crippen LogP contribution in [0.3, 0.4) is 0 Å². The molecule has 0 aliphatic carbocycles. The van der Waals surface area contributed by atoms with Crippen molar-refractivity contribution >= 4 is 22.4 Å². The van der Waals surface area contributed by atoms with Gasteiger partial charge >= 0.3 is 0 Å². The Bertz CT molecular complexity index is 686. The van der Waals surface area contributed by atoms with Crippen molar-refractivity contribution in [2.75, 3.05) is 26.0 Å². The summed E-state index contributed by atoms with van der Waals surface area (Å²) in [4.78, 5) is 10.6. The molecule has 0 atom stereocenters. The van der Waals surface area contributed by atoms with E-state index in [-0.39, 0.29) is 5.75 Å². The molecule has 124 valence electrons. The molecule has 1 aromatic carbocycles. The van der Waals surface area contributed by atoms with Crippen LogP contribution in [0.25, 0.3) is 0 Å². The number of rotatable bonds is 5. The summed E-state index contributed by atoms with van der Waals surface area (Å²) in [7, 11) is 5.57. The van der Waals surface area contributed by atoms with Crippen molar-refractivity contribution in [1.29, 1.82) is 0 Å². The highest BCUT2D eigenvalue weighted by Crippen LogP contribution is 2.18. The average Bonchev–Trinajstić information content (AvgIpc) is 3.00. The van der Waals surface area contributed by atoms with Gasteiger partial charge in [-0.1, -0.05) is 6.07 Å². The summed E-state index contributed by atoms with van der Waals surface area (Å²) in [5.41, 5.74) is 1.64. The molecule has 0 unspecified atom stereocenters. The van der Waals surface area contributed by atoms with E-state index in [4.69, 9.17) is 0 Å². The first-order valence-electron chi connectivity index (χ1n) is 7.03. The fourth-order valence-electron chi connectivity index (χ4n) is 1.82. The van der Waals surface area contributed by atoms with Crippen LogP contribution in [0.4, 0.5) is 9.52 Å². The van der Waals surface area contributed by atoms with Gasteiger partial charge in [-0.2, -0.15) is 0 Å². The van der Waals surface area contributed by atoms with E-state index in [1.54, 1.807) is 24.5 Å². The van der Waals surface area contributed by atoms with Gasteiger partial charge < -0.3 is 20.6 Å². The zero-order valence-electron chi connectivity index (χ0n) is 13.3. The number of hydrogen-bond donors (Lipinski definition) is 3. The molecular formula is C15H20FN5OS. The molecule has 2 aromatic rings. The number of halogens is 1. The van der Waals surface area contributed by atoms with Crippen molar-refractivity contribution in [2.45, 2.75) is 13.1 Å². The van der Waals surface area contributed by atoms with Gasteiger partial charge in [0.2, 0.25) is 0 Å². The van der Waals surface area contributed by atoms with Crippen LogP contribution in [0, 0.1) is 5.82 Å². The topological polar surface area (TPSA) is 72.8 Å². The second-order valence-electron chi connectivity index (χ2n) is 5.08. The first kappa shape index (κ1) is 17.0. The summed E-state index contributed by atoms with van der Waals surface area (Å²) in [5, 5.41) is 18.4. The molecule has 6 nitrogen and oxygen atoms in total. The summed E-state index contributed by atoms with van der Waals surface area (Å²) >= 11 is 1.58. The summed E-state index contributed by atoms with van der Waals surface area (Å²) < 4.78 is 13.3. The standard InChI is InChI=1S/C15H20FN5OS/c1-17-14(18-7-10-4-5-13(22)12(16)6-10)19-8-11-9-23-15(20-11)21(2)3/h4-6,9,22H,7-8H2,1-3H3,(H2,17,18,19). The van der Waals surface area contributed by atoms with Crippen LogP contribution in [-0.4, -0.2) is 37.2 Å². The molecule has 0 amide bonds. The Labute approximate surface area is 138 Å². The largest absolute Gasteiger partial charge is 0.505 e. The molecule has 1 aromatic heterocycles. The van der Waals surface area contributed by atoms with Gasteiger partial charge in [-0.15, -0.1) is 11.3 Å². The van der Waals surface area contributed by atoms with Crippen LogP contribution in [0.1, 0.15) is 11.3 Å². The molecule has 2 rings (SSSR count). The van der Waals surface area contributed by atoms with Gasteiger partial charge in [-0.05, 0) is 17.7 Å². The van der Waals surface area contributed by atoms with Crippen molar-refractivity contribution < 1.29 is 9.50 Å². The number of aromatic nitrogens is 1. The molecule has 23 heavy (non-hydrogen) atoms. The van der Waals surface area contributed by atoms with Crippen LogP contribution in [0.5, 0.6) is 5.75 Å². The molecular weight excluding hydrogens is 317 g/mol. The SMILES string of the molecule is CN=C(NCc1ccc(O)c(F)c1)NCc1csc(N(C)C)n1. The predicted molar refractivity (Wildman–Crippen MR) is 91.5 cm³/mol. The van der Waals surface area contributed by atoms with E-state index in [0.29, 0.717) is 24.6 Å². The highest BCUT2D eigenvalue weighted by Gasteiger charge is 2.06. The number of guanidine groups is 1. The lowest BCUT2D eigenvalue weighted by atomic mass is 10.2. The van der Waals surface area contributed by atoms with E-state index in [1.807, 2.05) is 24.4 Å². The molecule has 0 fully saturated rings. The number of phenols is 1. The molecule has 0 bridgehead atoms. The Morgan fingerprint density at radius 1 is 1.35 bits per heavy atom. The number of phenolic OH excluding ortho intramolecular Hbond substituents is 1. The van der Waals surface area contributed by atoms with Gasteiger partial charge in [0.05, 0.1) is 12.2 Å². The van der Waals surface area contributed by atoms with Gasteiger partial charge in [-0.25, -0.2) is 9.37 Å². The third-order valence-electron chi connectivity index (χ3n) is 3.05. The number of nitrogens with one attached hydrogen (secondary N) is 2. The molecule has 0 aliphatic rings. The Morgan fingerprint density at radius 3 is 2.70 bits per heavy atom. The van der Waals surface area contributed by atoms with Crippen LogP contribution < -0.4 is 15.5 Å². The number of anilines is 1. The minimum absolute atomic E-state index is 0.350. The van der Waals surface area contributed by atoms with Crippen molar-refractivity contribution in [1.82, 2.24) is 15.6 Å². The molecule has 3 N–H and O–H groups in total. The molecule has 0 saturated heterocycles. The minimum Gasteiger partial charge on any atom is -0.505 e. The van der Waals surface area contributed by atoms with E-state index < -0.39 is 5.82 Å². The van der Waals surface area contributed by atoms with E-state index in [1.165, 1.54) is 12.1 Å². The quantitative estimate of drug-likeness (QED) is 0.574. The molecule has 0 radical (unpaired) electrons. The lowest BCUT2D eigenvalue weighted by Gasteiger charge is -2.11. The molecule has 0 saturated carbocycles. The highest BCUT2D eigenvalue weighted by molar-refractivity contribution is 7.13. The van der Waals surface area contributed by atoms with E-state index in [0.717, 1.165) is 10.8 Å². The van der Waals surface area contributed by atoms with Crippen molar-refractivity contribution in [3.8, 4) is 5.75 Å². The summed E-state index contributed by atoms with van der Waals surface area (Å²) in [5.74, 6) is -0.389. The van der Waals surface area contributed by atoms with Crippen molar-refractivity contribution in [3.63, 3.8) is 0 Å². The summed E-state index contributed by atoms with van der Waals surface area (Å²) in [6.45, 7) is 0.949. The minimum atomic E-state index is -0.633. The normalized spacial score (nSPS) is 11.4. The predicted octanol–water partition coefficient (Wildman–Crippen LogP) is 1.92. The maximum atomic E-state index is 13.3. The van der Waals surface area contributed by atoms with E-state index in [9.17, 15) is 9.50 Å². The zero-order valence-corrected chi connectivity index (χ0v) is 14.1. The van der Waals surface area contributed by atoms with Crippen molar-refractivity contribution in [3.05, 3.63) is 40.7 Å². The fraction of sp³-hybridized carbons (Fsp3) is 0.333.